The van der Waals surface area contributed by atoms with Crippen molar-refractivity contribution in [3.8, 4) is 0 Å². The van der Waals surface area contributed by atoms with Gasteiger partial charge in [-0.3, -0.25) is 4.79 Å². The zero-order valence-corrected chi connectivity index (χ0v) is 62.1. The maximum atomic E-state index is 13.4. The smallest absolute Gasteiger partial charge is 0.220 e. The lowest BCUT2D eigenvalue weighted by Crippen LogP contribution is -2.65. The average molecular weight is 1370 g/mol. The summed E-state index contributed by atoms with van der Waals surface area (Å²) in [5, 5.41) is 87.7. The summed E-state index contributed by atoms with van der Waals surface area (Å²) in [6, 6.07) is -0.936. The van der Waals surface area contributed by atoms with Gasteiger partial charge < -0.3 is 65.1 Å². The molecule has 0 aromatic carbocycles. The van der Waals surface area contributed by atoms with Gasteiger partial charge in [0, 0.05) is 6.42 Å². The molecule has 2 aliphatic heterocycles. The second-order valence-corrected chi connectivity index (χ2v) is 28.5. The molecule has 1 amide bonds. The van der Waals surface area contributed by atoms with Crippen LogP contribution in [0.3, 0.4) is 0 Å². The number of ether oxygens (including phenoxy) is 4. The molecule has 0 aliphatic carbocycles. The van der Waals surface area contributed by atoms with Crippen LogP contribution in [-0.4, -0.2) is 140 Å². The Kier molecular flexibility index (Phi) is 62.2. The van der Waals surface area contributed by atoms with E-state index in [1.165, 1.54) is 263 Å². The van der Waals surface area contributed by atoms with Crippen LogP contribution in [0.5, 0.6) is 0 Å². The summed E-state index contributed by atoms with van der Waals surface area (Å²) in [4.78, 5) is 13.4. The number of unbranched alkanes of at least 4 members (excludes halogenated alkanes) is 45. The highest BCUT2D eigenvalue weighted by molar-refractivity contribution is 5.76. The third kappa shape index (κ3) is 49.6. The molecule has 12 unspecified atom stereocenters. The number of rotatable bonds is 68. The summed E-state index contributed by atoms with van der Waals surface area (Å²) in [5.41, 5.74) is 0. The molecule has 2 rings (SSSR count). The van der Waals surface area contributed by atoms with Gasteiger partial charge in [0.2, 0.25) is 5.91 Å². The molecule has 566 valence electrons. The lowest BCUT2D eigenvalue weighted by atomic mass is 9.97. The third-order valence-corrected chi connectivity index (χ3v) is 19.6. The molecule has 0 saturated carbocycles. The monoisotopic (exact) mass is 1370 g/mol. The fraction of sp³-hybridized carbons (Fsp3) is 0.843. The van der Waals surface area contributed by atoms with E-state index < -0.39 is 86.8 Å². The van der Waals surface area contributed by atoms with Gasteiger partial charge in [-0.2, -0.15) is 0 Å². The van der Waals surface area contributed by atoms with Gasteiger partial charge in [-0.15, -0.1) is 0 Å². The van der Waals surface area contributed by atoms with Gasteiger partial charge in [0.1, 0.15) is 48.8 Å². The Bertz CT molecular complexity index is 1910. The fourth-order valence-corrected chi connectivity index (χ4v) is 13.2. The molecular formula is C83H151NO13. The predicted octanol–water partition coefficient (Wildman–Crippen LogP) is 18.5. The van der Waals surface area contributed by atoms with Crippen molar-refractivity contribution in [2.75, 3.05) is 19.8 Å². The van der Waals surface area contributed by atoms with Crippen LogP contribution in [0.2, 0.25) is 0 Å². The van der Waals surface area contributed by atoms with Crippen LogP contribution in [0.15, 0.2) is 72.9 Å². The summed E-state index contributed by atoms with van der Waals surface area (Å²) in [5.74, 6) is -0.245. The van der Waals surface area contributed by atoms with Gasteiger partial charge in [-0.05, 0) is 70.6 Å². The summed E-state index contributed by atoms with van der Waals surface area (Å²) < 4.78 is 22.9. The molecule has 97 heavy (non-hydrogen) atoms. The van der Waals surface area contributed by atoms with E-state index >= 15 is 0 Å². The van der Waals surface area contributed by atoms with Crippen molar-refractivity contribution in [3.63, 3.8) is 0 Å². The van der Waals surface area contributed by atoms with E-state index in [1.807, 2.05) is 6.08 Å². The van der Waals surface area contributed by atoms with E-state index in [-0.39, 0.29) is 18.9 Å². The van der Waals surface area contributed by atoms with Crippen molar-refractivity contribution in [1.82, 2.24) is 5.32 Å². The van der Waals surface area contributed by atoms with E-state index in [4.69, 9.17) is 18.9 Å². The molecule has 9 N–H and O–H groups in total. The number of aliphatic hydroxyl groups excluding tert-OH is 8. The zero-order chi connectivity index (χ0) is 70.1. The number of hydrogen-bond donors (Lipinski definition) is 9. The van der Waals surface area contributed by atoms with E-state index in [1.54, 1.807) is 6.08 Å². The second-order valence-electron chi connectivity index (χ2n) is 28.5. The maximum absolute atomic E-state index is 13.4. The van der Waals surface area contributed by atoms with Crippen LogP contribution in [0, 0.1) is 0 Å². The number of allylic oxidation sites excluding steroid dienone is 11. The Labute approximate surface area is 593 Å². The first kappa shape index (κ1) is 90.5. The molecule has 0 spiro atoms. The standard InChI is InChI=1S/C83H151NO13/c1-3-5-7-9-11-13-15-17-19-21-23-25-27-29-31-33-35-37-38-40-42-44-46-48-50-52-54-56-58-60-62-64-66-72(87)71(70-94-82-80(93)78(91)81(74(69-86)96-82)97-83-79(92)77(90)76(89)73(68-85)95-83)84-75(88)67-65-63-61-59-57-55-53-51-49-47-45-43-41-39-36-34-32-30-28-26-24-22-20-18-16-14-12-10-8-6-4-2/h6,8,12,14,18,20,24,26,56,58,64,66,71-74,76-83,85-87,89-93H,3-5,7,9-11,13,15-17,19,21-23,25,27-55,57,59-63,65,67-70H2,1-2H3,(H,84,88)/b8-6-,14-12-,20-18-,26-24-,58-56+,66-64+. The Morgan fingerprint density at radius 2 is 0.722 bits per heavy atom. The normalized spacial score (nSPS) is 22.5. The molecule has 2 saturated heterocycles. The van der Waals surface area contributed by atoms with Crippen LogP contribution >= 0.6 is 0 Å². The van der Waals surface area contributed by atoms with Crippen molar-refractivity contribution in [2.24, 2.45) is 0 Å². The number of hydrogen-bond acceptors (Lipinski definition) is 13. The fourth-order valence-electron chi connectivity index (χ4n) is 13.2. The van der Waals surface area contributed by atoms with Crippen molar-refractivity contribution < 1.29 is 64.6 Å². The molecule has 2 heterocycles. The quantitative estimate of drug-likeness (QED) is 0.0204. The third-order valence-electron chi connectivity index (χ3n) is 19.6. The van der Waals surface area contributed by atoms with Crippen LogP contribution < -0.4 is 5.32 Å². The number of nitrogens with one attached hydrogen (secondary N) is 1. The molecule has 0 aromatic rings. The number of carbonyl (C=O) groups excluding carboxylic acids is 1. The second kappa shape index (κ2) is 66.7. The highest BCUT2D eigenvalue weighted by Gasteiger charge is 2.51. The summed E-state index contributed by atoms with van der Waals surface area (Å²) in [6.45, 7) is 2.72. The van der Waals surface area contributed by atoms with Crippen molar-refractivity contribution in [1.29, 1.82) is 0 Å². The molecule has 14 heteroatoms. The summed E-state index contributed by atoms with van der Waals surface area (Å²) in [6.07, 6.45) is 75.6. The van der Waals surface area contributed by atoms with Crippen molar-refractivity contribution in [3.05, 3.63) is 72.9 Å². The molecule has 0 bridgehead atoms. The van der Waals surface area contributed by atoms with Gasteiger partial charge >= 0.3 is 0 Å². The minimum atomic E-state index is -1.79. The zero-order valence-electron chi connectivity index (χ0n) is 62.1. The summed E-state index contributed by atoms with van der Waals surface area (Å²) in [7, 11) is 0. The molecule has 0 aromatic heterocycles. The van der Waals surface area contributed by atoms with Gasteiger partial charge in [-0.25, -0.2) is 0 Å². The molecule has 14 nitrogen and oxygen atoms in total. The Hall–Kier alpha value is -2.57. The van der Waals surface area contributed by atoms with Crippen LogP contribution in [-0.2, 0) is 23.7 Å². The van der Waals surface area contributed by atoms with Gasteiger partial charge in [-0.1, -0.05) is 350 Å². The highest BCUT2D eigenvalue weighted by atomic mass is 16.7. The first-order valence-electron chi connectivity index (χ1n) is 40.7. The highest BCUT2D eigenvalue weighted by Crippen LogP contribution is 2.30. The first-order chi connectivity index (χ1) is 47.6. The lowest BCUT2D eigenvalue weighted by molar-refractivity contribution is -0.359. The van der Waals surface area contributed by atoms with Crippen LogP contribution in [0.25, 0.3) is 0 Å². The maximum Gasteiger partial charge on any atom is 0.220 e. The molecule has 2 fully saturated rings. The number of aliphatic hydroxyl groups is 8. The van der Waals surface area contributed by atoms with Crippen molar-refractivity contribution in [2.45, 2.75) is 428 Å². The topological polar surface area (TPSA) is 228 Å². The Balaban J connectivity index is 1.62. The minimum Gasteiger partial charge on any atom is -0.394 e. The molecule has 0 radical (unpaired) electrons. The van der Waals surface area contributed by atoms with Crippen molar-refractivity contribution >= 4 is 5.91 Å². The Morgan fingerprint density at radius 3 is 1.13 bits per heavy atom. The molecule has 12 atom stereocenters. The van der Waals surface area contributed by atoms with Crippen LogP contribution in [0.1, 0.15) is 354 Å². The average Bonchev–Trinajstić information content (AvgIpc) is 0.794. The van der Waals surface area contributed by atoms with Gasteiger partial charge in [0.05, 0.1) is 32.0 Å². The number of carbonyl (C=O) groups is 1. The van der Waals surface area contributed by atoms with Gasteiger partial charge in [0.25, 0.3) is 0 Å². The van der Waals surface area contributed by atoms with E-state index in [2.05, 4.69) is 79.9 Å². The predicted molar refractivity (Wildman–Crippen MR) is 401 cm³/mol. The lowest BCUT2D eigenvalue weighted by Gasteiger charge is -2.46. The first-order valence-corrected chi connectivity index (χ1v) is 40.7. The van der Waals surface area contributed by atoms with E-state index in [9.17, 15) is 45.6 Å². The Morgan fingerprint density at radius 1 is 0.381 bits per heavy atom. The largest absolute Gasteiger partial charge is 0.394 e. The van der Waals surface area contributed by atoms with E-state index in [0.29, 0.717) is 12.8 Å². The minimum absolute atomic E-state index is 0.245. The number of amides is 1. The summed E-state index contributed by atoms with van der Waals surface area (Å²) >= 11 is 0. The molecule has 2 aliphatic rings. The van der Waals surface area contributed by atoms with Crippen LogP contribution in [0.4, 0.5) is 0 Å². The van der Waals surface area contributed by atoms with Gasteiger partial charge in [0.15, 0.2) is 12.6 Å². The SMILES string of the molecule is CC/C=C\C/C=C\C/C=C\C/C=C\CCCCCCCCCCCCCCCCCCCCC(=O)NC(COC1OC(CO)C(OC2OC(CO)C(O)C(O)C2O)C(O)C1O)C(O)/C=C/CC/C=C/CCCCCCCCCCCCCCCCCCCCCCCCCCCC. The van der Waals surface area contributed by atoms with E-state index in [0.717, 1.165) is 57.8 Å². The molecular weight excluding hydrogens is 1220 g/mol.